The number of H-pyrrole nitrogens is 1. The van der Waals surface area contributed by atoms with Crippen molar-refractivity contribution >= 4 is 17.7 Å². The van der Waals surface area contributed by atoms with Crippen LogP contribution in [0.15, 0.2) is 0 Å². The SMILES string of the molecule is CC(=O)c1c(C)[nH]c(C(=O)N2CC(C(=O)O)O[C@H](C)C2)c1C. The standard InChI is InChI=1S/C15H20N2O5/c1-7-5-17(6-11(22-7)15(20)21)14(19)13-8(2)12(10(4)18)9(3)16-13/h7,11,16H,5-6H2,1-4H3,(H,20,21)/t7-,11?/m1/s1. The van der Waals surface area contributed by atoms with E-state index in [1.54, 1.807) is 20.8 Å². The minimum atomic E-state index is -1.09. The number of nitrogens with one attached hydrogen (secondary N) is 1. The van der Waals surface area contributed by atoms with Gasteiger partial charge in [0.1, 0.15) is 5.69 Å². The number of aromatic amines is 1. The van der Waals surface area contributed by atoms with Crippen molar-refractivity contribution in [2.24, 2.45) is 0 Å². The van der Waals surface area contributed by atoms with Crippen molar-refractivity contribution < 1.29 is 24.2 Å². The van der Waals surface area contributed by atoms with Crippen LogP contribution in [0, 0.1) is 13.8 Å². The Kier molecular flexibility index (Phi) is 4.37. The van der Waals surface area contributed by atoms with E-state index >= 15 is 0 Å². The number of amides is 1. The summed E-state index contributed by atoms with van der Waals surface area (Å²) in [5.74, 6) is -1.51. The first-order valence-corrected chi connectivity index (χ1v) is 7.10. The number of aryl methyl sites for hydroxylation is 1. The lowest BCUT2D eigenvalue weighted by Crippen LogP contribution is -2.52. The molecule has 0 aromatic carbocycles. The lowest BCUT2D eigenvalue weighted by atomic mass is 10.1. The van der Waals surface area contributed by atoms with Crippen LogP contribution in [0.1, 0.15) is 46.0 Å². The van der Waals surface area contributed by atoms with E-state index in [1.807, 2.05) is 0 Å². The van der Waals surface area contributed by atoms with Crippen molar-refractivity contribution in [1.29, 1.82) is 0 Å². The highest BCUT2D eigenvalue weighted by atomic mass is 16.5. The highest BCUT2D eigenvalue weighted by Crippen LogP contribution is 2.22. The summed E-state index contributed by atoms with van der Waals surface area (Å²) in [4.78, 5) is 39.8. The van der Waals surface area contributed by atoms with Crippen LogP contribution in [0.3, 0.4) is 0 Å². The van der Waals surface area contributed by atoms with Gasteiger partial charge in [-0.15, -0.1) is 0 Å². The Bertz CT molecular complexity index is 634. The largest absolute Gasteiger partial charge is 0.479 e. The van der Waals surface area contributed by atoms with E-state index in [9.17, 15) is 14.4 Å². The van der Waals surface area contributed by atoms with Gasteiger partial charge in [-0.05, 0) is 33.3 Å². The molecule has 1 unspecified atom stereocenters. The Balaban J connectivity index is 2.30. The van der Waals surface area contributed by atoms with Crippen LogP contribution < -0.4 is 0 Å². The fourth-order valence-electron chi connectivity index (χ4n) is 2.90. The van der Waals surface area contributed by atoms with Crippen LogP contribution >= 0.6 is 0 Å². The van der Waals surface area contributed by atoms with Gasteiger partial charge in [0.15, 0.2) is 11.9 Å². The summed E-state index contributed by atoms with van der Waals surface area (Å²) in [5, 5.41) is 9.09. The molecule has 7 heteroatoms. The third-order valence-electron chi connectivity index (χ3n) is 3.83. The van der Waals surface area contributed by atoms with Gasteiger partial charge in [0.25, 0.3) is 5.91 Å². The van der Waals surface area contributed by atoms with Crippen LogP contribution in [0.4, 0.5) is 0 Å². The topological polar surface area (TPSA) is 99.7 Å². The first-order valence-electron chi connectivity index (χ1n) is 7.10. The number of carbonyl (C=O) groups excluding carboxylic acids is 2. The summed E-state index contributed by atoms with van der Waals surface area (Å²) >= 11 is 0. The van der Waals surface area contributed by atoms with Crippen LogP contribution in [0.2, 0.25) is 0 Å². The number of carbonyl (C=O) groups is 3. The summed E-state index contributed by atoms with van der Waals surface area (Å²) in [6, 6.07) is 0. The van der Waals surface area contributed by atoms with E-state index in [2.05, 4.69) is 4.98 Å². The second-order valence-electron chi connectivity index (χ2n) is 5.66. The quantitative estimate of drug-likeness (QED) is 0.816. The maximum Gasteiger partial charge on any atom is 0.334 e. The number of rotatable bonds is 3. The molecule has 120 valence electrons. The second-order valence-corrected chi connectivity index (χ2v) is 5.66. The van der Waals surface area contributed by atoms with Gasteiger partial charge in [-0.25, -0.2) is 4.79 Å². The van der Waals surface area contributed by atoms with Crippen LogP contribution in [0.25, 0.3) is 0 Å². The first kappa shape index (κ1) is 16.2. The molecule has 2 heterocycles. The Labute approximate surface area is 128 Å². The van der Waals surface area contributed by atoms with E-state index in [0.29, 0.717) is 29.1 Å². The molecule has 0 spiro atoms. The zero-order chi connectivity index (χ0) is 16.6. The van der Waals surface area contributed by atoms with Crippen LogP contribution in [0.5, 0.6) is 0 Å². The molecule has 2 rings (SSSR count). The molecule has 7 nitrogen and oxygen atoms in total. The van der Waals surface area contributed by atoms with E-state index < -0.39 is 12.1 Å². The number of ketones is 1. The lowest BCUT2D eigenvalue weighted by Gasteiger charge is -2.34. The van der Waals surface area contributed by atoms with Crippen molar-refractivity contribution in [2.75, 3.05) is 13.1 Å². The molecular formula is C15H20N2O5. The molecule has 1 aliphatic heterocycles. The third kappa shape index (κ3) is 2.89. The van der Waals surface area contributed by atoms with Gasteiger partial charge in [0.05, 0.1) is 12.6 Å². The summed E-state index contributed by atoms with van der Waals surface area (Å²) < 4.78 is 5.30. The zero-order valence-corrected chi connectivity index (χ0v) is 13.1. The van der Waals surface area contributed by atoms with Gasteiger partial charge in [0, 0.05) is 17.8 Å². The number of nitrogens with zero attached hydrogens (tertiary/aromatic N) is 1. The second kappa shape index (κ2) is 5.92. The summed E-state index contributed by atoms with van der Waals surface area (Å²) in [7, 11) is 0. The number of carboxylic acid groups (broad SMARTS) is 1. The van der Waals surface area contributed by atoms with Gasteiger partial charge in [-0.2, -0.15) is 0 Å². The molecule has 1 aliphatic rings. The number of carboxylic acids is 1. The predicted molar refractivity (Wildman–Crippen MR) is 78.1 cm³/mol. The van der Waals surface area contributed by atoms with E-state index in [4.69, 9.17) is 9.84 Å². The molecule has 0 radical (unpaired) electrons. The van der Waals surface area contributed by atoms with Crippen molar-refractivity contribution in [3.05, 3.63) is 22.5 Å². The fourth-order valence-corrected chi connectivity index (χ4v) is 2.90. The molecule has 1 saturated heterocycles. The molecular weight excluding hydrogens is 288 g/mol. The van der Waals surface area contributed by atoms with Crippen molar-refractivity contribution in [3.8, 4) is 0 Å². The maximum atomic E-state index is 12.7. The molecule has 0 aliphatic carbocycles. The molecule has 22 heavy (non-hydrogen) atoms. The number of hydrogen-bond acceptors (Lipinski definition) is 4. The number of aromatic nitrogens is 1. The van der Waals surface area contributed by atoms with Gasteiger partial charge >= 0.3 is 5.97 Å². The number of Topliss-reactive ketones (excluding diaryl/α,β-unsaturated/α-hetero) is 1. The maximum absolute atomic E-state index is 12.7. The molecule has 1 amide bonds. The molecule has 0 saturated carbocycles. The Morgan fingerprint density at radius 3 is 2.41 bits per heavy atom. The van der Waals surface area contributed by atoms with E-state index in [0.717, 1.165) is 0 Å². The smallest absolute Gasteiger partial charge is 0.334 e. The molecule has 2 N–H and O–H groups in total. The predicted octanol–water partition coefficient (Wildman–Crippen LogP) is 1.15. The number of ether oxygens (including phenoxy) is 1. The number of hydrogen-bond donors (Lipinski definition) is 2. The lowest BCUT2D eigenvalue weighted by molar-refractivity contribution is -0.160. The van der Waals surface area contributed by atoms with Crippen molar-refractivity contribution in [1.82, 2.24) is 9.88 Å². The van der Waals surface area contributed by atoms with Crippen LogP contribution in [-0.4, -0.2) is 57.9 Å². The average molecular weight is 308 g/mol. The molecule has 1 aromatic rings. The Morgan fingerprint density at radius 1 is 1.27 bits per heavy atom. The van der Waals surface area contributed by atoms with Gasteiger partial charge in [-0.1, -0.05) is 0 Å². The minimum Gasteiger partial charge on any atom is -0.479 e. The van der Waals surface area contributed by atoms with E-state index in [-0.39, 0.29) is 24.3 Å². The fraction of sp³-hybridized carbons (Fsp3) is 0.533. The summed E-state index contributed by atoms with van der Waals surface area (Å²) in [6.45, 7) is 6.94. The molecule has 0 bridgehead atoms. The Hall–Kier alpha value is -2.15. The minimum absolute atomic E-state index is 0.00851. The summed E-state index contributed by atoms with van der Waals surface area (Å²) in [6.07, 6.45) is -1.39. The van der Waals surface area contributed by atoms with E-state index in [1.165, 1.54) is 11.8 Å². The monoisotopic (exact) mass is 308 g/mol. The van der Waals surface area contributed by atoms with Gasteiger partial charge < -0.3 is 19.7 Å². The highest BCUT2D eigenvalue weighted by Gasteiger charge is 2.34. The average Bonchev–Trinajstić information content (AvgIpc) is 2.72. The van der Waals surface area contributed by atoms with Gasteiger partial charge in [0.2, 0.25) is 0 Å². The van der Waals surface area contributed by atoms with Crippen LogP contribution in [-0.2, 0) is 9.53 Å². The number of morpholine rings is 1. The normalized spacial score (nSPS) is 21.7. The number of aliphatic carboxylic acids is 1. The molecule has 2 atom stereocenters. The highest BCUT2D eigenvalue weighted by molar-refractivity contribution is 6.02. The van der Waals surface area contributed by atoms with Crippen molar-refractivity contribution in [2.45, 2.75) is 39.9 Å². The summed E-state index contributed by atoms with van der Waals surface area (Å²) in [5.41, 5.74) is 2.09. The van der Waals surface area contributed by atoms with Gasteiger partial charge in [-0.3, -0.25) is 9.59 Å². The van der Waals surface area contributed by atoms with Crippen molar-refractivity contribution in [3.63, 3.8) is 0 Å². The molecule has 1 fully saturated rings. The Morgan fingerprint density at radius 2 is 1.91 bits per heavy atom. The zero-order valence-electron chi connectivity index (χ0n) is 13.1. The first-order chi connectivity index (χ1) is 10.2. The third-order valence-corrected chi connectivity index (χ3v) is 3.83. The molecule has 1 aromatic heterocycles.